The first-order valence-electron chi connectivity index (χ1n) is 3.97. The number of carboxylic acids is 1. The highest BCUT2D eigenvalue weighted by molar-refractivity contribution is 5.93. The fourth-order valence-corrected chi connectivity index (χ4v) is 1.15. The van der Waals surface area contributed by atoms with E-state index in [1.165, 1.54) is 6.20 Å². The largest absolute Gasteiger partial charge is 0.478 e. The van der Waals surface area contributed by atoms with Gasteiger partial charge < -0.3 is 5.11 Å². The number of rotatable bonds is 2. The summed E-state index contributed by atoms with van der Waals surface area (Å²) in [6.07, 6.45) is 2.93. The molecule has 0 saturated carbocycles. The summed E-state index contributed by atoms with van der Waals surface area (Å²) in [6, 6.07) is 5.25. The quantitative estimate of drug-likeness (QED) is 0.743. The second-order valence-electron chi connectivity index (χ2n) is 2.67. The molecule has 0 aliphatic rings. The molecule has 2 aromatic heterocycles. The van der Waals surface area contributed by atoms with Gasteiger partial charge in [0.1, 0.15) is 11.3 Å². The summed E-state index contributed by atoms with van der Waals surface area (Å²) in [5.74, 6) is -1.01. The molecule has 0 atom stereocenters. The van der Waals surface area contributed by atoms with Crippen molar-refractivity contribution in [1.82, 2.24) is 15.2 Å². The zero-order valence-corrected chi connectivity index (χ0v) is 7.14. The van der Waals surface area contributed by atoms with E-state index >= 15 is 0 Å². The van der Waals surface area contributed by atoms with Gasteiger partial charge in [0.25, 0.3) is 0 Å². The summed E-state index contributed by atoms with van der Waals surface area (Å²) < 4.78 is 0. The second kappa shape index (κ2) is 3.29. The maximum absolute atomic E-state index is 10.8. The summed E-state index contributed by atoms with van der Waals surface area (Å²) in [5.41, 5.74) is 1.04. The predicted octanol–water partition coefficient (Wildman–Crippen LogP) is 1.17. The first-order valence-corrected chi connectivity index (χ1v) is 3.97. The minimum absolute atomic E-state index is 0.128. The fraction of sp³-hybridized carbons (Fsp3) is 0. The van der Waals surface area contributed by atoms with Crippen LogP contribution in [0.1, 0.15) is 10.4 Å². The number of hydrogen-bond donors (Lipinski definition) is 2. The summed E-state index contributed by atoms with van der Waals surface area (Å²) in [5, 5.41) is 15.2. The van der Waals surface area contributed by atoms with E-state index in [0.29, 0.717) is 11.4 Å². The third kappa shape index (κ3) is 1.35. The Morgan fingerprint density at radius 1 is 1.43 bits per heavy atom. The van der Waals surface area contributed by atoms with Gasteiger partial charge in [0, 0.05) is 12.4 Å². The monoisotopic (exact) mass is 189 g/mol. The average molecular weight is 189 g/mol. The van der Waals surface area contributed by atoms with Crippen LogP contribution in [0, 0.1) is 0 Å². The van der Waals surface area contributed by atoms with E-state index in [2.05, 4.69) is 15.2 Å². The van der Waals surface area contributed by atoms with Crippen LogP contribution in [0.15, 0.2) is 30.6 Å². The maximum Gasteiger partial charge on any atom is 0.339 e. The molecule has 0 saturated heterocycles. The Bertz CT molecular complexity index is 450. The number of nitrogens with zero attached hydrogens (tertiary/aromatic N) is 2. The number of carboxylic acid groups (broad SMARTS) is 1. The number of aromatic nitrogens is 3. The van der Waals surface area contributed by atoms with Crippen LogP contribution in [0.3, 0.4) is 0 Å². The van der Waals surface area contributed by atoms with Gasteiger partial charge in [-0.05, 0) is 12.1 Å². The summed E-state index contributed by atoms with van der Waals surface area (Å²) in [6.45, 7) is 0. The third-order valence-corrected chi connectivity index (χ3v) is 1.78. The van der Waals surface area contributed by atoms with Crippen molar-refractivity contribution < 1.29 is 9.90 Å². The molecule has 0 aromatic carbocycles. The normalized spacial score (nSPS) is 10.0. The minimum atomic E-state index is -1.01. The van der Waals surface area contributed by atoms with Crippen LogP contribution in [0.2, 0.25) is 0 Å². The molecular weight excluding hydrogens is 182 g/mol. The van der Waals surface area contributed by atoms with Crippen LogP contribution in [0.4, 0.5) is 0 Å². The number of aromatic amines is 1. The molecule has 0 amide bonds. The number of pyridine rings is 1. The fourth-order valence-electron chi connectivity index (χ4n) is 1.15. The van der Waals surface area contributed by atoms with Crippen LogP contribution in [0.25, 0.3) is 11.4 Å². The SMILES string of the molecule is O=C(O)c1c[nH]nc1-c1ccccn1. The molecule has 2 heterocycles. The van der Waals surface area contributed by atoms with Gasteiger partial charge in [-0.15, -0.1) is 0 Å². The predicted molar refractivity (Wildman–Crippen MR) is 48.8 cm³/mol. The van der Waals surface area contributed by atoms with E-state index in [1.54, 1.807) is 24.4 Å². The van der Waals surface area contributed by atoms with Crippen LogP contribution >= 0.6 is 0 Å². The van der Waals surface area contributed by atoms with Crippen molar-refractivity contribution in [3.8, 4) is 11.4 Å². The van der Waals surface area contributed by atoms with Crippen molar-refractivity contribution in [2.24, 2.45) is 0 Å². The maximum atomic E-state index is 10.8. The molecule has 0 spiro atoms. The van der Waals surface area contributed by atoms with Crippen LogP contribution in [-0.2, 0) is 0 Å². The van der Waals surface area contributed by atoms with Gasteiger partial charge in [0.15, 0.2) is 0 Å². The summed E-state index contributed by atoms with van der Waals surface area (Å²) >= 11 is 0. The Balaban J connectivity index is 2.52. The van der Waals surface area contributed by atoms with Crippen molar-refractivity contribution in [1.29, 1.82) is 0 Å². The Labute approximate surface area is 79.4 Å². The van der Waals surface area contributed by atoms with Gasteiger partial charge in [-0.25, -0.2) is 4.79 Å². The number of H-pyrrole nitrogens is 1. The van der Waals surface area contributed by atoms with E-state index in [0.717, 1.165) is 0 Å². The van der Waals surface area contributed by atoms with Crippen molar-refractivity contribution in [3.63, 3.8) is 0 Å². The van der Waals surface area contributed by atoms with Gasteiger partial charge in [-0.1, -0.05) is 6.07 Å². The zero-order valence-electron chi connectivity index (χ0n) is 7.14. The Hall–Kier alpha value is -2.17. The Morgan fingerprint density at radius 3 is 2.93 bits per heavy atom. The molecule has 0 aliphatic heterocycles. The van der Waals surface area contributed by atoms with Gasteiger partial charge in [0.2, 0.25) is 0 Å². The Kier molecular flexibility index (Phi) is 1.98. The molecule has 5 nitrogen and oxygen atoms in total. The van der Waals surface area contributed by atoms with E-state index in [4.69, 9.17) is 5.11 Å². The highest BCUT2D eigenvalue weighted by Gasteiger charge is 2.14. The molecule has 14 heavy (non-hydrogen) atoms. The summed E-state index contributed by atoms with van der Waals surface area (Å²) in [7, 11) is 0. The van der Waals surface area contributed by atoms with Gasteiger partial charge in [-0.2, -0.15) is 5.10 Å². The van der Waals surface area contributed by atoms with Gasteiger partial charge in [-0.3, -0.25) is 10.1 Å². The minimum Gasteiger partial charge on any atom is -0.478 e. The lowest BCUT2D eigenvalue weighted by atomic mass is 10.2. The highest BCUT2D eigenvalue weighted by Crippen LogP contribution is 2.17. The van der Waals surface area contributed by atoms with E-state index < -0.39 is 5.97 Å². The first kappa shape index (κ1) is 8.43. The molecule has 0 unspecified atom stereocenters. The van der Waals surface area contributed by atoms with Crippen LogP contribution in [-0.4, -0.2) is 26.3 Å². The molecule has 2 rings (SSSR count). The van der Waals surface area contributed by atoms with Crippen LogP contribution in [0.5, 0.6) is 0 Å². The van der Waals surface area contributed by atoms with Crippen molar-refractivity contribution in [3.05, 3.63) is 36.2 Å². The molecule has 2 N–H and O–H groups in total. The molecule has 5 heteroatoms. The van der Waals surface area contributed by atoms with Gasteiger partial charge >= 0.3 is 5.97 Å². The van der Waals surface area contributed by atoms with E-state index in [1.807, 2.05) is 0 Å². The zero-order chi connectivity index (χ0) is 9.97. The smallest absolute Gasteiger partial charge is 0.339 e. The van der Waals surface area contributed by atoms with Crippen molar-refractivity contribution in [2.75, 3.05) is 0 Å². The molecule has 0 bridgehead atoms. The van der Waals surface area contributed by atoms with Crippen molar-refractivity contribution >= 4 is 5.97 Å². The molecule has 2 aromatic rings. The van der Waals surface area contributed by atoms with Gasteiger partial charge in [0.05, 0.1) is 5.69 Å². The summed E-state index contributed by atoms with van der Waals surface area (Å²) in [4.78, 5) is 14.8. The Morgan fingerprint density at radius 2 is 2.29 bits per heavy atom. The molecular formula is C9H7N3O2. The average Bonchev–Trinajstić information content (AvgIpc) is 2.67. The topological polar surface area (TPSA) is 78.9 Å². The van der Waals surface area contributed by atoms with Crippen molar-refractivity contribution in [2.45, 2.75) is 0 Å². The lowest BCUT2D eigenvalue weighted by Crippen LogP contribution is -1.97. The molecule has 0 aliphatic carbocycles. The number of aromatic carboxylic acids is 1. The standard InChI is InChI=1S/C9H7N3O2/c13-9(14)6-5-11-12-8(6)7-3-1-2-4-10-7/h1-5H,(H,11,12)(H,13,14). The molecule has 0 fully saturated rings. The number of carbonyl (C=O) groups is 1. The number of hydrogen-bond acceptors (Lipinski definition) is 3. The van der Waals surface area contributed by atoms with E-state index in [9.17, 15) is 4.79 Å². The third-order valence-electron chi connectivity index (χ3n) is 1.78. The van der Waals surface area contributed by atoms with E-state index in [-0.39, 0.29) is 5.56 Å². The first-order chi connectivity index (χ1) is 6.79. The lowest BCUT2D eigenvalue weighted by Gasteiger charge is -1.95. The lowest BCUT2D eigenvalue weighted by molar-refractivity contribution is 0.0698. The second-order valence-corrected chi connectivity index (χ2v) is 2.67. The van der Waals surface area contributed by atoms with Crippen LogP contribution < -0.4 is 0 Å². The molecule has 70 valence electrons. The number of nitrogens with one attached hydrogen (secondary N) is 1. The highest BCUT2D eigenvalue weighted by atomic mass is 16.4. The molecule has 0 radical (unpaired) electrons.